The average Bonchev–Trinajstić information content (AvgIpc) is 3.00. The Kier molecular flexibility index (Phi) is 11.1. The number of thiazole rings is 1. The van der Waals surface area contributed by atoms with E-state index >= 15 is 0 Å². The summed E-state index contributed by atoms with van der Waals surface area (Å²) in [4.78, 5) is 23.3. The zero-order valence-corrected chi connectivity index (χ0v) is 19.2. The fourth-order valence-electron chi connectivity index (χ4n) is 3.01. The van der Waals surface area contributed by atoms with Gasteiger partial charge >= 0.3 is 0 Å². The Morgan fingerprint density at radius 2 is 2.27 bits per heavy atom. The van der Waals surface area contributed by atoms with Gasteiger partial charge in [-0.2, -0.15) is 0 Å². The van der Waals surface area contributed by atoms with Crippen LogP contribution in [0.15, 0.2) is 10.4 Å². The van der Waals surface area contributed by atoms with Gasteiger partial charge in [0.1, 0.15) is 0 Å². The largest absolute Gasteiger partial charge is 0.357 e. The molecule has 0 aliphatic carbocycles. The molecular weight excluding hydrogens is 461 g/mol. The topological polar surface area (TPSA) is 69.6 Å². The number of carbonyl (C=O) groups is 1. The number of aryl methyl sites for hydroxylation is 1. The molecule has 0 radical (unpaired) electrons. The fourth-order valence-corrected chi connectivity index (χ4v) is 3.66. The molecule has 26 heavy (non-hydrogen) atoms. The van der Waals surface area contributed by atoms with Gasteiger partial charge in [0.25, 0.3) is 0 Å². The third-order valence-electron chi connectivity index (χ3n) is 4.29. The van der Waals surface area contributed by atoms with Gasteiger partial charge in [-0.1, -0.05) is 6.92 Å². The number of piperidine rings is 1. The zero-order valence-electron chi connectivity index (χ0n) is 16.1. The molecule has 2 heterocycles. The second-order valence-electron chi connectivity index (χ2n) is 6.63. The molecule has 6 nitrogen and oxygen atoms in total. The Balaban J connectivity index is 0.00000338. The summed E-state index contributed by atoms with van der Waals surface area (Å²) < 4.78 is 0. The monoisotopic (exact) mass is 493 g/mol. The standard InChI is InChI=1S/C18H31N5OS.HI/c1-4-19-18(20-9-7-16-13-25-15(3)22-16)21-10-8-17(24)23-11-5-6-14(2)12-23;/h13-14H,4-12H2,1-3H3,(H2,19,20,21);1H. The molecule has 148 valence electrons. The van der Waals surface area contributed by atoms with E-state index in [1.54, 1.807) is 11.3 Å². The van der Waals surface area contributed by atoms with Crippen molar-refractivity contribution in [3.63, 3.8) is 0 Å². The Morgan fingerprint density at radius 1 is 1.46 bits per heavy atom. The van der Waals surface area contributed by atoms with Crippen molar-refractivity contribution in [2.24, 2.45) is 10.9 Å². The van der Waals surface area contributed by atoms with Gasteiger partial charge in [-0.3, -0.25) is 9.79 Å². The normalized spacial score (nSPS) is 17.6. The highest BCUT2D eigenvalue weighted by Crippen LogP contribution is 2.16. The van der Waals surface area contributed by atoms with Crippen molar-refractivity contribution < 1.29 is 4.79 Å². The second-order valence-corrected chi connectivity index (χ2v) is 7.69. The number of aromatic nitrogens is 1. The van der Waals surface area contributed by atoms with Gasteiger partial charge in [0, 0.05) is 44.4 Å². The molecule has 1 aliphatic heterocycles. The van der Waals surface area contributed by atoms with Crippen LogP contribution in [0.3, 0.4) is 0 Å². The van der Waals surface area contributed by atoms with Crippen molar-refractivity contribution >= 4 is 47.2 Å². The van der Waals surface area contributed by atoms with Crippen LogP contribution in [-0.4, -0.2) is 54.5 Å². The molecule has 1 saturated heterocycles. The van der Waals surface area contributed by atoms with E-state index in [4.69, 9.17) is 0 Å². The van der Waals surface area contributed by atoms with Gasteiger partial charge in [0.15, 0.2) is 5.96 Å². The Morgan fingerprint density at radius 3 is 2.92 bits per heavy atom. The molecule has 0 bridgehead atoms. The smallest absolute Gasteiger partial charge is 0.224 e. The maximum atomic E-state index is 12.3. The highest BCUT2D eigenvalue weighted by atomic mass is 127. The highest BCUT2D eigenvalue weighted by Gasteiger charge is 2.20. The second kappa shape index (κ2) is 12.5. The lowest BCUT2D eigenvalue weighted by atomic mass is 10.00. The minimum absolute atomic E-state index is 0. The quantitative estimate of drug-likeness (QED) is 0.348. The van der Waals surface area contributed by atoms with Crippen molar-refractivity contribution in [1.82, 2.24) is 20.5 Å². The van der Waals surface area contributed by atoms with Crippen LogP contribution in [0.5, 0.6) is 0 Å². The number of hydrogen-bond acceptors (Lipinski definition) is 4. The molecule has 2 rings (SSSR count). The summed E-state index contributed by atoms with van der Waals surface area (Å²) in [6.45, 7) is 10.2. The number of nitrogens with zero attached hydrogens (tertiary/aromatic N) is 3. The molecule has 1 fully saturated rings. The first-order valence-corrected chi connectivity index (χ1v) is 10.2. The summed E-state index contributed by atoms with van der Waals surface area (Å²) >= 11 is 1.68. The summed E-state index contributed by atoms with van der Waals surface area (Å²) in [7, 11) is 0. The molecule has 1 atom stereocenters. The minimum atomic E-state index is 0. The molecule has 1 aliphatic rings. The summed E-state index contributed by atoms with van der Waals surface area (Å²) in [5.74, 6) is 1.62. The van der Waals surface area contributed by atoms with Crippen LogP contribution < -0.4 is 10.6 Å². The van der Waals surface area contributed by atoms with Gasteiger partial charge < -0.3 is 15.5 Å². The van der Waals surface area contributed by atoms with Crippen LogP contribution in [0.2, 0.25) is 0 Å². The van der Waals surface area contributed by atoms with E-state index < -0.39 is 0 Å². The van der Waals surface area contributed by atoms with Crippen LogP contribution in [-0.2, 0) is 11.2 Å². The van der Waals surface area contributed by atoms with Gasteiger partial charge in [-0.15, -0.1) is 35.3 Å². The number of guanidine groups is 1. The van der Waals surface area contributed by atoms with Crippen LogP contribution in [0.1, 0.15) is 43.8 Å². The molecule has 1 unspecified atom stereocenters. The Bertz CT molecular complexity index is 578. The third-order valence-corrected chi connectivity index (χ3v) is 5.11. The van der Waals surface area contributed by atoms with Crippen molar-refractivity contribution in [3.8, 4) is 0 Å². The van der Waals surface area contributed by atoms with Crippen LogP contribution in [0, 0.1) is 12.8 Å². The number of likely N-dealkylation sites (tertiary alicyclic amines) is 1. The number of halogens is 1. The van der Waals surface area contributed by atoms with Crippen molar-refractivity contribution in [3.05, 3.63) is 16.1 Å². The van der Waals surface area contributed by atoms with Gasteiger partial charge in [-0.25, -0.2) is 4.98 Å². The summed E-state index contributed by atoms with van der Waals surface area (Å²) in [5.41, 5.74) is 1.11. The molecular formula is C18H32IN5OS. The van der Waals surface area contributed by atoms with Crippen LogP contribution in [0.25, 0.3) is 0 Å². The fraction of sp³-hybridized carbons (Fsp3) is 0.722. The number of aliphatic imine (C=N–C) groups is 1. The predicted octanol–water partition coefficient (Wildman–Crippen LogP) is 2.82. The summed E-state index contributed by atoms with van der Waals surface area (Å²) in [6.07, 6.45) is 3.71. The van der Waals surface area contributed by atoms with E-state index in [1.807, 2.05) is 18.7 Å². The van der Waals surface area contributed by atoms with Gasteiger partial charge in [-0.05, 0) is 32.6 Å². The molecule has 0 aromatic carbocycles. The van der Waals surface area contributed by atoms with E-state index in [9.17, 15) is 4.79 Å². The number of nitrogens with one attached hydrogen (secondary N) is 2. The predicted molar refractivity (Wildman–Crippen MR) is 120 cm³/mol. The highest BCUT2D eigenvalue weighted by molar-refractivity contribution is 14.0. The maximum absolute atomic E-state index is 12.3. The first-order valence-electron chi connectivity index (χ1n) is 9.29. The first-order chi connectivity index (χ1) is 12.1. The molecule has 8 heteroatoms. The maximum Gasteiger partial charge on any atom is 0.224 e. The SMILES string of the molecule is CCNC(=NCCC(=O)N1CCCC(C)C1)NCCc1csc(C)n1.I. The lowest BCUT2D eigenvalue weighted by molar-refractivity contribution is -0.132. The molecule has 1 aromatic rings. The van der Waals surface area contributed by atoms with Crippen molar-refractivity contribution in [2.45, 2.75) is 46.5 Å². The third kappa shape index (κ3) is 8.20. The molecule has 1 amide bonds. The Labute approximate surface area is 178 Å². The zero-order chi connectivity index (χ0) is 18.1. The van der Waals surface area contributed by atoms with E-state index in [0.717, 1.165) is 55.7 Å². The molecule has 0 spiro atoms. The molecule has 0 saturated carbocycles. The van der Waals surface area contributed by atoms with Crippen molar-refractivity contribution in [1.29, 1.82) is 0 Å². The summed E-state index contributed by atoms with van der Waals surface area (Å²) in [6, 6.07) is 0. The van der Waals surface area contributed by atoms with Crippen LogP contribution >= 0.6 is 35.3 Å². The van der Waals surface area contributed by atoms with Gasteiger partial charge in [0.2, 0.25) is 5.91 Å². The number of amides is 1. The number of carbonyl (C=O) groups excluding carboxylic acids is 1. The lowest BCUT2D eigenvalue weighted by Gasteiger charge is -2.30. The van der Waals surface area contributed by atoms with E-state index in [2.05, 4.69) is 32.9 Å². The van der Waals surface area contributed by atoms with E-state index in [1.165, 1.54) is 6.42 Å². The summed E-state index contributed by atoms with van der Waals surface area (Å²) in [5, 5.41) is 9.74. The number of hydrogen-bond donors (Lipinski definition) is 2. The minimum Gasteiger partial charge on any atom is -0.357 e. The van der Waals surface area contributed by atoms with E-state index in [0.29, 0.717) is 18.9 Å². The average molecular weight is 493 g/mol. The van der Waals surface area contributed by atoms with Crippen molar-refractivity contribution in [2.75, 3.05) is 32.7 Å². The van der Waals surface area contributed by atoms with Crippen LogP contribution in [0.4, 0.5) is 0 Å². The Hall–Kier alpha value is -0.900. The lowest BCUT2D eigenvalue weighted by Crippen LogP contribution is -2.40. The number of rotatable bonds is 7. The molecule has 2 N–H and O–H groups in total. The van der Waals surface area contributed by atoms with Gasteiger partial charge in [0.05, 0.1) is 17.2 Å². The van der Waals surface area contributed by atoms with E-state index in [-0.39, 0.29) is 29.9 Å². The molecule has 1 aromatic heterocycles. The first kappa shape index (κ1) is 23.1.